The van der Waals surface area contributed by atoms with E-state index in [2.05, 4.69) is 15.3 Å². The summed E-state index contributed by atoms with van der Waals surface area (Å²) in [7, 11) is 1.87. The molecule has 6 nitrogen and oxygen atoms in total. The normalized spacial score (nSPS) is 20.1. The summed E-state index contributed by atoms with van der Waals surface area (Å²) < 4.78 is 0. The molecule has 2 heterocycles. The maximum absolute atomic E-state index is 11.6. The molecule has 6 heteroatoms. The van der Waals surface area contributed by atoms with Crippen LogP contribution in [0.15, 0.2) is 4.79 Å². The van der Waals surface area contributed by atoms with Crippen LogP contribution in [-0.4, -0.2) is 29.6 Å². The van der Waals surface area contributed by atoms with Crippen molar-refractivity contribution in [3.63, 3.8) is 0 Å². The predicted octanol–water partition coefficient (Wildman–Crippen LogP) is -0.398. The summed E-state index contributed by atoms with van der Waals surface area (Å²) in [6, 6.07) is 0.272. The number of aromatic amines is 1. The van der Waals surface area contributed by atoms with Gasteiger partial charge < -0.3 is 16.0 Å². The van der Waals surface area contributed by atoms with Gasteiger partial charge in [0.15, 0.2) is 5.82 Å². The van der Waals surface area contributed by atoms with E-state index in [-0.39, 0.29) is 17.5 Å². The number of hydrogen-bond acceptors (Lipinski definition) is 5. The first kappa shape index (κ1) is 8.86. The van der Waals surface area contributed by atoms with Gasteiger partial charge in [0.05, 0.1) is 0 Å². The summed E-state index contributed by atoms with van der Waals surface area (Å²) in [5, 5.41) is 3.07. The first-order valence-corrected chi connectivity index (χ1v) is 4.46. The number of likely N-dealkylation sites (N-methyl/N-ethyl adjacent to an activating group) is 1. The van der Waals surface area contributed by atoms with E-state index in [1.807, 2.05) is 18.9 Å². The quantitative estimate of drug-likeness (QED) is 0.524. The topological polar surface area (TPSA) is 87.0 Å². The Hall–Kier alpha value is -1.72. The lowest BCUT2D eigenvalue weighted by molar-refractivity contribution is 0.689. The smallest absolute Gasteiger partial charge is 0.278 e. The number of nitrogens with zero attached hydrogens (tertiary/aromatic N) is 2. The monoisotopic (exact) mass is 195 g/mol. The molecule has 1 aromatic rings. The number of hydrogen-bond donors (Lipinski definition) is 3. The minimum atomic E-state index is -0.200. The lowest BCUT2D eigenvalue weighted by atomic mass is 10.2. The molecule has 0 saturated carbocycles. The molecule has 76 valence electrons. The number of nitrogens with two attached hydrogens (primary N) is 1. The molecular formula is C8H13N5O. The van der Waals surface area contributed by atoms with E-state index in [9.17, 15) is 4.79 Å². The molecule has 14 heavy (non-hydrogen) atoms. The lowest BCUT2D eigenvalue weighted by Crippen LogP contribution is -2.43. The Labute approximate surface area is 81.1 Å². The minimum Gasteiger partial charge on any atom is -0.369 e. The van der Waals surface area contributed by atoms with Crippen molar-refractivity contribution in [3.8, 4) is 0 Å². The first-order chi connectivity index (χ1) is 6.59. The van der Waals surface area contributed by atoms with Crippen molar-refractivity contribution in [3.05, 3.63) is 10.4 Å². The van der Waals surface area contributed by atoms with Gasteiger partial charge in [0, 0.05) is 19.6 Å². The molecule has 1 aromatic heterocycles. The van der Waals surface area contributed by atoms with Gasteiger partial charge in [-0.05, 0) is 6.92 Å². The summed E-state index contributed by atoms with van der Waals surface area (Å²) in [6.45, 7) is 2.80. The van der Waals surface area contributed by atoms with Gasteiger partial charge >= 0.3 is 0 Å². The summed E-state index contributed by atoms with van der Waals surface area (Å²) in [4.78, 5) is 20.0. The fraction of sp³-hybridized carbons (Fsp3) is 0.500. The average Bonchev–Trinajstić information content (AvgIpc) is 2.10. The number of aromatic nitrogens is 2. The van der Waals surface area contributed by atoms with Gasteiger partial charge in [0.2, 0.25) is 5.95 Å². The maximum atomic E-state index is 11.6. The molecule has 0 aliphatic carbocycles. The number of nitrogen functional groups attached to an aromatic ring is 1. The third-order valence-electron chi connectivity index (χ3n) is 2.49. The molecule has 0 bridgehead atoms. The second-order valence-electron chi connectivity index (χ2n) is 3.49. The van der Waals surface area contributed by atoms with Crippen LogP contribution in [0.25, 0.3) is 0 Å². The van der Waals surface area contributed by atoms with Gasteiger partial charge in [-0.25, -0.2) is 0 Å². The van der Waals surface area contributed by atoms with Gasteiger partial charge in [0.25, 0.3) is 5.56 Å². The van der Waals surface area contributed by atoms with Crippen LogP contribution in [0.4, 0.5) is 17.5 Å². The molecule has 0 unspecified atom stereocenters. The van der Waals surface area contributed by atoms with Crippen LogP contribution in [0.1, 0.15) is 6.92 Å². The standard InChI is InChI=1S/C8H13N5O/c1-4-3-10-6-5(13(4)2)7(14)12-8(9)11-6/h4H,3H2,1-2H3,(H4,9,10,11,12,14)/t4-/m0/s1. The van der Waals surface area contributed by atoms with Gasteiger partial charge in [-0.3, -0.25) is 9.78 Å². The molecule has 0 aromatic carbocycles. The van der Waals surface area contributed by atoms with Crippen LogP contribution in [0.5, 0.6) is 0 Å². The zero-order chi connectivity index (χ0) is 10.3. The van der Waals surface area contributed by atoms with Crippen LogP contribution in [0.2, 0.25) is 0 Å². The molecule has 1 aliphatic heterocycles. The van der Waals surface area contributed by atoms with Crippen LogP contribution in [0.3, 0.4) is 0 Å². The Morgan fingerprint density at radius 2 is 2.36 bits per heavy atom. The summed E-state index contributed by atoms with van der Waals surface area (Å²) in [5.41, 5.74) is 5.79. The highest BCUT2D eigenvalue weighted by atomic mass is 16.1. The van der Waals surface area contributed by atoms with E-state index < -0.39 is 0 Å². The fourth-order valence-electron chi connectivity index (χ4n) is 1.54. The fourth-order valence-corrected chi connectivity index (χ4v) is 1.54. The highest BCUT2D eigenvalue weighted by Gasteiger charge is 2.23. The summed E-state index contributed by atoms with van der Waals surface area (Å²) >= 11 is 0. The molecule has 0 fully saturated rings. The van der Waals surface area contributed by atoms with Crippen molar-refractivity contribution >= 4 is 17.5 Å². The zero-order valence-electron chi connectivity index (χ0n) is 8.16. The van der Waals surface area contributed by atoms with Gasteiger partial charge in [-0.15, -0.1) is 0 Å². The van der Waals surface area contributed by atoms with Crippen LogP contribution in [-0.2, 0) is 0 Å². The Balaban J connectivity index is 2.60. The molecule has 0 saturated heterocycles. The van der Waals surface area contributed by atoms with Gasteiger partial charge in [-0.2, -0.15) is 4.98 Å². The third kappa shape index (κ3) is 1.19. The highest BCUT2D eigenvalue weighted by molar-refractivity contribution is 5.68. The number of anilines is 3. The first-order valence-electron chi connectivity index (χ1n) is 4.46. The summed E-state index contributed by atoms with van der Waals surface area (Å²) in [5.74, 6) is 0.705. The SMILES string of the molecule is C[C@H]1CNc2nc(N)[nH]c(=O)c2N1C. The number of nitrogens with one attached hydrogen (secondary N) is 2. The van der Waals surface area contributed by atoms with E-state index in [0.717, 1.165) is 6.54 Å². The van der Waals surface area contributed by atoms with Crippen molar-refractivity contribution < 1.29 is 0 Å². The molecule has 0 amide bonds. The molecule has 1 atom stereocenters. The van der Waals surface area contributed by atoms with Crippen molar-refractivity contribution in [1.82, 2.24) is 9.97 Å². The van der Waals surface area contributed by atoms with E-state index >= 15 is 0 Å². The molecule has 1 aliphatic rings. The summed E-state index contributed by atoms with van der Waals surface area (Å²) in [6.07, 6.45) is 0. The Morgan fingerprint density at radius 1 is 1.64 bits per heavy atom. The van der Waals surface area contributed by atoms with E-state index in [4.69, 9.17) is 5.73 Å². The number of rotatable bonds is 0. The second kappa shape index (κ2) is 2.90. The predicted molar refractivity (Wildman–Crippen MR) is 55.6 cm³/mol. The Bertz CT molecular complexity index is 413. The minimum absolute atomic E-state index is 0.143. The van der Waals surface area contributed by atoms with Gasteiger partial charge in [-0.1, -0.05) is 0 Å². The van der Waals surface area contributed by atoms with E-state index in [1.165, 1.54) is 0 Å². The van der Waals surface area contributed by atoms with Crippen molar-refractivity contribution in [2.75, 3.05) is 29.5 Å². The molecule has 0 radical (unpaired) electrons. The lowest BCUT2D eigenvalue weighted by Gasteiger charge is -2.32. The molecule has 4 N–H and O–H groups in total. The van der Waals surface area contributed by atoms with Crippen molar-refractivity contribution in [2.45, 2.75) is 13.0 Å². The largest absolute Gasteiger partial charge is 0.369 e. The number of H-pyrrole nitrogens is 1. The van der Waals surface area contributed by atoms with E-state index in [0.29, 0.717) is 11.5 Å². The van der Waals surface area contributed by atoms with Crippen molar-refractivity contribution in [1.29, 1.82) is 0 Å². The highest BCUT2D eigenvalue weighted by Crippen LogP contribution is 2.24. The maximum Gasteiger partial charge on any atom is 0.278 e. The van der Waals surface area contributed by atoms with Crippen LogP contribution < -0.4 is 21.5 Å². The van der Waals surface area contributed by atoms with Crippen LogP contribution >= 0.6 is 0 Å². The van der Waals surface area contributed by atoms with Crippen molar-refractivity contribution in [2.24, 2.45) is 0 Å². The zero-order valence-corrected chi connectivity index (χ0v) is 8.16. The number of fused-ring (bicyclic) bond motifs is 1. The third-order valence-corrected chi connectivity index (χ3v) is 2.49. The molecular weight excluding hydrogens is 182 g/mol. The molecule has 2 rings (SSSR count). The van der Waals surface area contributed by atoms with E-state index in [1.54, 1.807) is 0 Å². The van der Waals surface area contributed by atoms with Gasteiger partial charge in [0.1, 0.15) is 5.69 Å². The Kier molecular flexibility index (Phi) is 1.83. The Morgan fingerprint density at radius 3 is 3.07 bits per heavy atom. The second-order valence-corrected chi connectivity index (χ2v) is 3.49. The average molecular weight is 195 g/mol. The van der Waals surface area contributed by atoms with Crippen LogP contribution in [0, 0.1) is 0 Å². The molecule has 0 spiro atoms.